The highest BCUT2D eigenvalue weighted by Gasteiger charge is 2.31. The Morgan fingerprint density at radius 2 is 1.68 bits per heavy atom. The van der Waals surface area contributed by atoms with Gasteiger partial charge in [0.15, 0.2) is 0 Å². The van der Waals surface area contributed by atoms with E-state index in [-0.39, 0.29) is 23.8 Å². The average molecular weight is 516 g/mol. The number of halogens is 3. The molecule has 0 spiro atoms. The second-order valence-corrected chi connectivity index (χ2v) is 7.91. The molecule has 0 aliphatic heterocycles. The standard InChI is InChI=1S/C26H28F3N5O3/c1-4-34(5-2)23-11-8-18(26(27,28)29)14-21(23)33-25(36)32-16-17-6-9-19(10-7-17)37-20-12-13-31-22(15-20)24(35)30-3/h6-15H,4-5,16H2,1-3H3,(H,30,35)(H2,32,33,36). The number of carbonyl (C=O) groups is 2. The predicted molar refractivity (Wildman–Crippen MR) is 135 cm³/mol. The van der Waals surface area contributed by atoms with Gasteiger partial charge in [0.05, 0.1) is 16.9 Å². The highest BCUT2D eigenvalue weighted by Crippen LogP contribution is 2.35. The lowest BCUT2D eigenvalue weighted by Crippen LogP contribution is -2.30. The van der Waals surface area contributed by atoms with Gasteiger partial charge in [0, 0.05) is 38.9 Å². The molecule has 0 saturated carbocycles. The lowest BCUT2D eigenvalue weighted by atomic mass is 10.1. The van der Waals surface area contributed by atoms with E-state index in [0.29, 0.717) is 30.3 Å². The van der Waals surface area contributed by atoms with E-state index in [1.807, 2.05) is 18.7 Å². The van der Waals surface area contributed by atoms with Crippen molar-refractivity contribution >= 4 is 23.3 Å². The number of hydrogen-bond acceptors (Lipinski definition) is 5. The first-order chi connectivity index (χ1) is 17.6. The van der Waals surface area contributed by atoms with Gasteiger partial charge < -0.3 is 25.6 Å². The highest BCUT2D eigenvalue weighted by atomic mass is 19.4. The number of urea groups is 1. The monoisotopic (exact) mass is 515 g/mol. The number of carbonyl (C=O) groups excluding carboxylic acids is 2. The number of hydrogen-bond donors (Lipinski definition) is 3. The zero-order valence-corrected chi connectivity index (χ0v) is 20.6. The van der Waals surface area contributed by atoms with E-state index >= 15 is 0 Å². The molecule has 0 aliphatic carbocycles. The number of anilines is 2. The second kappa shape index (κ2) is 12.1. The largest absolute Gasteiger partial charge is 0.457 e. The third-order valence-electron chi connectivity index (χ3n) is 5.48. The molecule has 3 N–H and O–H groups in total. The van der Waals surface area contributed by atoms with E-state index in [4.69, 9.17) is 4.74 Å². The van der Waals surface area contributed by atoms with Crippen LogP contribution in [0.2, 0.25) is 0 Å². The summed E-state index contributed by atoms with van der Waals surface area (Å²) in [5.74, 6) is 0.610. The van der Waals surface area contributed by atoms with Crippen LogP contribution in [0.1, 0.15) is 35.5 Å². The molecule has 0 saturated heterocycles. The first-order valence-corrected chi connectivity index (χ1v) is 11.6. The van der Waals surface area contributed by atoms with Crippen molar-refractivity contribution in [2.75, 3.05) is 30.4 Å². The van der Waals surface area contributed by atoms with Gasteiger partial charge in [0.25, 0.3) is 5.91 Å². The Morgan fingerprint density at radius 3 is 2.30 bits per heavy atom. The molecule has 3 aromatic rings. The maximum absolute atomic E-state index is 13.2. The van der Waals surface area contributed by atoms with Gasteiger partial charge in [-0.25, -0.2) is 4.79 Å². The lowest BCUT2D eigenvalue weighted by Gasteiger charge is -2.25. The summed E-state index contributed by atoms with van der Waals surface area (Å²) in [6.45, 7) is 5.04. The number of benzene rings is 2. The average Bonchev–Trinajstić information content (AvgIpc) is 2.89. The Hall–Kier alpha value is -4.28. The molecule has 0 atom stereocenters. The van der Waals surface area contributed by atoms with Crippen molar-refractivity contribution in [3.63, 3.8) is 0 Å². The Morgan fingerprint density at radius 1 is 0.973 bits per heavy atom. The SMILES string of the molecule is CCN(CC)c1ccc(C(F)(F)F)cc1NC(=O)NCc1ccc(Oc2ccnc(C(=O)NC)c2)cc1. The molecule has 1 aromatic heterocycles. The van der Waals surface area contributed by atoms with Crippen LogP contribution < -0.4 is 25.6 Å². The van der Waals surface area contributed by atoms with Gasteiger partial charge in [-0.2, -0.15) is 13.2 Å². The number of pyridine rings is 1. The molecule has 3 amide bonds. The Kier molecular flexibility index (Phi) is 8.94. The predicted octanol–water partition coefficient (Wildman–Crippen LogP) is 5.42. The summed E-state index contributed by atoms with van der Waals surface area (Å²) in [6, 6.07) is 12.7. The number of nitrogens with zero attached hydrogens (tertiary/aromatic N) is 2. The van der Waals surface area contributed by atoms with Crippen LogP contribution in [-0.4, -0.2) is 37.1 Å². The summed E-state index contributed by atoms with van der Waals surface area (Å²) >= 11 is 0. The maximum atomic E-state index is 13.2. The van der Waals surface area contributed by atoms with Gasteiger partial charge in [-0.3, -0.25) is 9.78 Å². The lowest BCUT2D eigenvalue weighted by molar-refractivity contribution is -0.137. The van der Waals surface area contributed by atoms with Gasteiger partial charge >= 0.3 is 12.2 Å². The van der Waals surface area contributed by atoms with E-state index in [2.05, 4.69) is 20.9 Å². The van der Waals surface area contributed by atoms with Gasteiger partial charge in [0.1, 0.15) is 17.2 Å². The summed E-state index contributed by atoms with van der Waals surface area (Å²) in [5, 5.41) is 7.70. The molecule has 11 heteroatoms. The zero-order valence-electron chi connectivity index (χ0n) is 20.6. The van der Waals surface area contributed by atoms with Crippen LogP contribution in [0.5, 0.6) is 11.5 Å². The first kappa shape index (κ1) is 27.3. The molecule has 0 radical (unpaired) electrons. The molecule has 0 aliphatic rings. The smallest absolute Gasteiger partial charge is 0.416 e. The van der Waals surface area contributed by atoms with Gasteiger partial charge in [-0.05, 0) is 55.8 Å². The minimum absolute atomic E-state index is 0.0771. The fraction of sp³-hybridized carbons (Fsp3) is 0.269. The summed E-state index contributed by atoms with van der Waals surface area (Å²) in [7, 11) is 1.51. The zero-order chi connectivity index (χ0) is 27.0. The van der Waals surface area contributed by atoms with Crippen LogP contribution >= 0.6 is 0 Å². The van der Waals surface area contributed by atoms with Crippen molar-refractivity contribution < 1.29 is 27.5 Å². The van der Waals surface area contributed by atoms with Crippen molar-refractivity contribution in [2.45, 2.75) is 26.6 Å². The van der Waals surface area contributed by atoms with Crippen molar-refractivity contribution in [1.29, 1.82) is 0 Å². The number of amides is 3. The minimum atomic E-state index is -4.53. The maximum Gasteiger partial charge on any atom is 0.416 e. The quantitative estimate of drug-likeness (QED) is 0.354. The Bertz CT molecular complexity index is 1230. The van der Waals surface area contributed by atoms with Gasteiger partial charge in [-0.1, -0.05) is 12.1 Å². The third kappa shape index (κ3) is 7.35. The fourth-order valence-electron chi connectivity index (χ4n) is 3.54. The van der Waals surface area contributed by atoms with Crippen molar-refractivity contribution in [3.8, 4) is 11.5 Å². The normalized spacial score (nSPS) is 11.0. The fourth-order valence-corrected chi connectivity index (χ4v) is 3.54. The first-order valence-electron chi connectivity index (χ1n) is 11.6. The van der Waals surface area contributed by atoms with Crippen molar-refractivity contribution in [1.82, 2.24) is 15.6 Å². The van der Waals surface area contributed by atoms with Gasteiger partial charge in [0.2, 0.25) is 0 Å². The molecule has 196 valence electrons. The van der Waals surface area contributed by atoms with Crippen LogP contribution in [0, 0.1) is 0 Å². The molecule has 2 aromatic carbocycles. The summed E-state index contributed by atoms with van der Waals surface area (Å²) in [4.78, 5) is 30.1. The van der Waals surface area contributed by atoms with Gasteiger partial charge in [-0.15, -0.1) is 0 Å². The van der Waals surface area contributed by atoms with E-state index in [1.54, 1.807) is 30.3 Å². The van der Waals surface area contributed by atoms with Crippen LogP contribution in [0.25, 0.3) is 0 Å². The molecule has 37 heavy (non-hydrogen) atoms. The summed E-state index contributed by atoms with van der Waals surface area (Å²) in [5.41, 5.74) is 0.706. The van der Waals surface area contributed by atoms with E-state index in [9.17, 15) is 22.8 Å². The molecule has 0 fully saturated rings. The van der Waals surface area contributed by atoms with Crippen molar-refractivity contribution in [3.05, 3.63) is 77.6 Å². The number of nitrogens with one attached hydrogen (secondary N) is 3. The highest BCUT2D eigenvalue weighted by molar-refractivity contribution is 5.93. The second-order valence-electron chi connectivity index (χ2n) is 7.91. The van der Waals surface area contributed by atoms with Crippen LogP contribution in [-0.2, 0) is 12.7 Å². The molecule has 1 heterocycles. The molecule has 0 bridgehead atoms. The number of aromatic nitrogens is 1. The summed E-state index contributed by atoms with van der Waals surface area (Å²) < 4.78 is 45.5. The number of ether oxygens (including phenoxy) is 1. The van der Waals surface area contributed by atoms with E-state index < -0.39 is 17.8 Å². The summed E-state index contributed by atoms with van der Waals surface area (Å²) in [6.07, 6.45) is -3.06. The number of rotatable bonds is 9. The minimum Gasteiger partial charge on any atom is -0.457 e. The molecular weight excluding hydrogens is 487 g/mol. The molecule has 8 nitrogen and oxygen atoms in total. The van der Waals surface area contributed by atoms with Crippen LogP contribution in [0.4, 0.5) is 29.3 Å². The molecule has 0 unspecified atom stereocenters. The Labute approximate surface area is 212 Å². The number of alkyl halides is 3. The topological polar surface area (TPSA) is 95.6 Å². The van der Waals surface area contributed by atoms with E-state index in [0.717, 1.165) is 17.7 Å². The van der Waals surface area contributed by atoms with Crippen LogP contribution in [0.15, 0.2) is 60.8 Å². The van der Waals surface area contributed by atoms with Crippen molar-refractivity contribution in [2.24, 2.45) is 0 Å². The Balaban J connectivity index is 1.64. The van der Waals surface area contributed by atoms with Crippen LogP contribution in [0.3, 0.4) is 0 Å². The third-order valence-corrected chi connectivity index (χ3v) is 5.48. The molecule has 3 rings (SSSR count). The molecular formula is C26H28F3N5O3. The van der Waals surface area contributed by atoms with E-state index in [1.165, 1.54) is 25.4 Å².